The number of piperidine rings is 1. The van der Waals surface area contributed by atoms with Gasteiger partial charge in [-0.25, -0.2) is 0 Å². The van der Waals surface area contributed by atoms with Crippen LogP contribution in [0.1, 0.15) is 52.9 Å². The van der Waals surface area contributed by atoms with Gasteiger partial charge in [-0.05, 0) is 32.7 Å². The highest BCUT2D eigenvalue weighted by Gasteiger charge is 2.29. The van der Waals surface area contributed by atoms with Crippen LogP contribution in [-0.2, 0) is 4.79 Å². The number of hydrogen-bond donors (Lipinski definition) is 0. The molecule has 2 nitrogen and oxygen atoms in total. The number of carbonyl (C=O) groups is 1. The summed E-state index contributed by atoms with van der Waals surface area (Å²) in [5.41, 5.74) is -0.125. The molecule has 1 saturated heterocycles. The Hall–Kier alpha value is -0.370. The van der Waals surface area contributed by atoms with Gasteiger partial charge in [-0.1, -0.05) is 26.7 Å². The van der Waals surface area contributed by atoms with E-state index < -0.39 is 0 Å². The molecule has 15 heavy (non-hydrogen) atoms. The minimum atomic E-state index is -0.125. The Morgan fingerprint density at radius 2 is 2.20 bits per heavy atom. The minimum Gasteiger partial charge on any atom is -0.303 e. The van der Waals surface area contributed by atoms with Gasteiger partial charge >= 0.3 is 0 Å². The van der Waals surface area contributed by atoms with E-state index in [1.165, 1.54) is 25.8 Å². The molecule has 0 amide bonds. The molecular formula is C13H25NO. The number of rotatable bonds is 5. The lowest BCUT2D eigenvalue weighted by Crippen LogP contribution is -2.44. The highest BCUT2D eigenvalue weighted by Crippen LogP contribution is 2.26. The van der Waals surface area contributed by atoms with Crippen molar-refractivity contribution in [1.82, 2.24) is 4.90 Å². The second-order valence-electron chi connectivity index (χ2n) is 5.34. The fourth-order valence-electron chi connectivity index (χ4n) is 2.60. The van der Waals surface area contributed by atoms with E-state index in [0.717, 1.165) is 25.7 Å². The number of carbonyl (C=O) groups excluding carboxylic acids is 1. The van der Waals surface area contributed by atoms with E-state index in [1.54, 1.807) is 0 Å². The van der Waals surface area contributed by atoms with Gasteiger partial charge in [0, 0.05) is 18.0 Å². The molecule has 1 rings (SSSR count). The van der Waals surface area contributed by atoms with E-state index in [1.807, 2.05) is 0 Å². The van der Waals surface area contributed by atoms with Gasteiger partial charge in [0.1, 0.15) is 6.29 Å². The fraction of sp³-hybridized carbons (Fsp3) is 0.923. The zero-order valence-electron chi connectivity index (χ0n) is 10.5. The fourth-order valence-corrected chi connectivity index (χ4v) is 2.60. The quantitative estimate of drug-likeness (QED) is 0.652. The summed E-state index contributed by atoms with van der Waals surface area (Å²) in [6.07, 6.45) is 7.21. The first-order chi connectivity index (χ1) is 7.11. The molecule has 0 aromatic rings. The standard InChI is InChI=1S/C13H25NO/c1-4-8-13(3,11-15)10-14-9-6-5-7-12(14)2/h11-12H,4-10H2,1-3H3. The second-order valence-corrected chi connectivity index (χ2v) is 5.34. The van der Waals surface area contributed by atoms with E-state index in [4.69, 9.17) is 0 Å². The number of likely N-dealkylation sites (tertiary alicyclic amines) is 1. The lowest BCUT2D eigenvalue weighted by molar-refractivity contribution is -0.117. The van der Waals surface area contributed by atoms with Crippen molar-refractivity contribution in [3.8, 4) is 0 Å². The van der Waals surface area contributed by atoms with Gasteiger partial charge in [0.2, 0.25) is 0 Å². The van der Waals surface area contributed by atoms with Crippen molar-refractivity contribution >= 4 is 6.29 Å². The topological polar surface area (TPSA) is 20.3 Å². The van der Waals surface area contributed by atoms with Crippen LogP contribution in [-0.4, -0.2) is 30.3 Å². The second kappa shape index (κ2) is 5.64. The van der Waals surface area contributed by atoms with Gasteiger partial charge in [-0.2, -0.15) is 0 Å². The average Bonchev–Trinajstić information content (AvgIpc) is 2.22. The van der Waals surface area contributed by atoms with Crippen molar-refractivity contribution < 1.29 is 4.79 Å². The highest BCUT2D eigenvalue weighted by atomic mass is 16.1. The van der Waals surface area contributed by atoms with Gasteiger partial charge in [0.15, 0.2) is 0 Å². The predicted molar refractivity (Wildman–Crippen MR) is 64.0 cm³/mol. The molecule has 0 aliphatic carbocycles. The van der Waals surface area contributed by atoms with E-state index in [-0.39, 0.29) is 5.41 Å². The summed E-state index contributed by atoms with van der Waals surface area (Å²) in [7, 11) is 0. The monoisotopic (exact) mass is 211 g/mol. The number of nitrogens with zero attached hydrogens (tertiary/aromatic N) is 1. The molecule has 1 fully saturated rings. The summed E-state index contributed by atoms with van der Waals surface area (Å²) >= 11 is 0. The Morgan fingerprint density at radius 1 is 1.47 bits per heavy atom. The maximum atomic E-state index is 11.2. The molecule has 0 aromatic carbocycles. The Bertz CT molecular complexity index is 205. The molecule has 2 atom stereocenters. The molecule has 0 bridgehead atoms. The minimum absolute atomic E-state index is 0.125. The number of hydrogen-bond acceptors (Lipinski definition) is 2. The molecule has 1 aliphatic heterocycles. The molecule has 0 aromatic heterocycles. The van der Waals surface area contributed by atoms with Crippen LogP contribution in [0, 0.1) is 5.41 Å². The van der Waals surface area contributed by atoms with Gasteiger partial charge in [-0.3, -0.25) is 4.90 Å². The summed E-state index contributed by atoms with van der Waals surface area (Å²) in [6.45, 7) is 8.67. The van der Waals surface area contributed by atoms with Crippen LogP contribution in [0.15, 0.2) is 0 Å². The van der Waals surface area contributed by atoms with Gasteiger partial charge in [-0.15, -0.1) is 0 Å². The lowest BCUT2D eigenvalue weighted by Gasteiger charge is -2.38. The summed E-state index contributed by atoms with van der Waals surface area (Å²) in [6, 6.07) is 0.662. The van der Waals surface area contributed by atoms with Crippen LogP contribution in [0.3, 0.4) is 0 Å². The van der Waals surface area contributed by atoms with Crippen molar-refractivity contribution in [1.29, 1.82) is 0 Å². The van der Waals surface area contributed by atoms with Crippen LogP contribution < -0.4 is 0 Å². The van der Waals surface area contributed by atoms with E-state index in [0.29, 0.717) is 6.04 Å². The molecule has 0 saturated carbocycles. The maximum Gasteiger partial charge on any atom is 0.127 e. The molecular weight excluding hydrogens is 186 g/mol. The van der Waals surface area contributed by atoms with Crippen molar-refractivity contribution in [2.24, 2.45) is 5.41 Å². The lowest BCUT2D eigenvalue weighted by atomic mass is 9.85. The highest BCUT2D eigenvalue weighted by molar-refractivity contribution is 5.59. The van der Waals surface area contributed by atoms with Crippen LogP contribution in [0.5, 0.6) is 0 Å². The third-order valence-corrected chi connectivity index (χ3v) is 3.61. The molecule has 0 spiro atoms. The maximum absolute atomic E-state index is 11.2. The van der Waals surface area contributed by atoms with E-state index >= 15 is 0 Å². The molecule has 0 N–H and O–H groups in total. The third-order valence-electron chi connectivity index (χ3n) is 3.61. The Kier molecular flexibility index (Phi) is 4.78. The zero-order valence-corrected chi connectivity index (χ0v) is 10.5. The summed E-state index contributed by atoms with van der Waals surface area (Å²) in [5, 5.41) is 0. The van der Waals surface area contributed by atoms with Crippen molar-refractivity contribution in [3.05, 3.63) is 0 Å². The van der Waals surface area contributed by atoms with E-state index in [2.05, 4.69) is 25.7 Å². The summed E-state index contributed by atoms with van der Waals surface area (Å²) in [4.78, 5) is 13.7. The van der Waals surface area contributed by atoms with Crippen LogP contribution in [0.25, 0.3) is 0 Å². The summed E-state index contributed by atoms with van der Waals surface area (Å²) < 4.78 is 0. The third kappa shape index (κ3) is 3.60. The molecule has 2 heteroatoms. The van der Waals surface area contributed by atoms with Crippen molar-refractivity contribution in [2.45, 2.75) is 58.9 Å². The molecule has 1 heterocycles. The molecule has 1 aliphatic rings. The van der Waals surface area contributed by atoms with Crippen LogP contribution in [0.4, 0.5) is 0 Å². The van der Waals surface area contributed by atoms with Gasteiger partial charge < -0.3 is 4.79 Å². The molecule has 0 radical (unpaired) electrons. The van der Waals surface area contributed by atoms with Crippen LogP contribution in [0.2, 0.25) is 0 Å². The van der Waals surface area contributed by atoms with Crippen molar-refractivity contribution in [3.63, 3.8) is 0 Å². The molecule has 88 valence electrons. The summed E-state index contributed by atoms with van der Waals surface area (Å²) in [5.74, 6) is 0. The predicted octanol–water partition coefficient (Wildman–Crippen LogP) is 2.87. The first-order valence-corrected chi connectivity index (χ1v) is 6.31. The number of aldehydes is 1. The van der Waals surface area contributed by atoms with Gasteiger partial charge in [0.05, 0.1) is 0 Å². The van der Waals surface area contributed by atoms with Crippen LogP contribution >= 0.6 is 0 Å². The smallest absolute Gasteiger partial charge is 0.127 e. The molecule has 2 unspecified atom stereocenters. The van der Waals surface area contributed by atoms with E-state index in [9.17, 15) is 4.79 Å². The van der Waals surface area contributed by atoms with Crippen molar-refractivity contribution in [2.75, 3.05) is 13.1 Å². The Balaban J connectivity index is 2.52. The van der Waals surface area contributed by atoms with Gasteiger partial charge in [0.25, 0.3) is 0 Å². The SMILES string of the molecule is CCCC(C)(C=O)CN1CCCCC1C. The first kappa shape index (κ1) is 12.7. The first-order valence-electron chi connectivity index (χ1n) is 6.31. The normalized spacial score (nSPS) is 27.3. The zero-order chi connectivity index (χ0) is 11.3. The Morgan fingerprint density at radius 3 is 2.73 bits per heavy atom. The largest absolute Gasteiger partial charge is 0.303 e. The Labute approximate surface area is 94.0 Å². The average molecular weight is 211 g/mol.